The summed E-state index contributed by atoms with van der Waals surface area (Å²) in [5.41, 5.74) is 2.07. The molecule has 1 heterocycles. The Morgan fingerprint density at radius 3 is 2.55 bits per heavy atom. The first kappa shape index (κ1) is 14.9. The Labute approximate surface area is 123 Å². The fourth-order valence-corrected chi connectivity index (χ4v) is 3.74. The van der Waals surface area contributed by atoms with Crippen LogP contribution >= 0.6 is 11.8 Å². The zero-order chi connectivity index (χ0) is 14.7. The zero-order valence-electron chi connectivity index (χ0n) is 11.7. The summed E-state index contributed by atoms with van der Waals surface area (Å²) in [5.74, 6) is -0.531. The van der Waals surface area contributed by atoms with Crippen molar-refractivity contribution in [2.75, 3.05) is 5.75 Å². The number of hydrogen-bond donors (Lipinski definition) is 1. The van der Waals surface area contributed by atoms with Gasteiger partial charge in [0.25, 0.3) is 0 Å². The summed E-state index contributed by atoms with van der Waals surface area (Å²) in [4.78, 5) is 25.2. The number of hydrogen-bond acceptors (Lipinski definition) is 3. The molecule has 1 saturated heterocycles. The van der Waals surface area contributed by atoms with E-state index in [1.807, 2.05) is 38.1 Å². The molecule has 0 radical (unpaired) electrons. The van der Waals surface area contributed by atoms with Gasteiger partial charge in [-0.1, -0.05) is 36.8 Å². The second-order valence-electron chi connectivity index (χ2n) is 5.01. The molecular formula is C15H19NO3S. The van der Waals surface area contributed by atoms with Gasteiger partial charge in [0.05, 0.1) is 11.8 Å². The van der Waals surface area contributed by atoms with Crippen LogP contribution in [0.25, 0.3) is 0 Å². The van der Waals surface area contributed by atoms with Gasteiger partial charge in [-0.05, 0) is 18.9 Å². The minimum atomic E-state index is -0.911. The van der Waals surface area contributed by atoms with Gasteiger partial charge in [0.2, 0.25) is 5.91 Å². The number of benzene rings is 1. The van der Waals surface area contributed by atoms with Crippen LogP contribution in [-0.2, 0) is 16.0 Å². The number of nitrogens with zero attached hydrogens (tertiary/aromatic N) is 1. The van der Waals surface area contributed by atoms with Crippen molar-refractivity contribution < 1.29 is 14.7 Å². The van der Waals surface area contributed by atoms with E-state index in [-0.39, 0.29) is 17.7 Å². The third kappa shape index (κ3) is 3.15. The van der Waals surface area contributed by atoms with Crippen molar-refractivity contribution in [2.45, 2.75) is 38.1 Å². The van der Waals surface area contributed by atoms with Crippen molar-refractivity contribution in [3.63, 3.8) is 0 Å². The van der Waals surface area contributed by atoms with Crippen molar-refractivity contribution in [3.8, 4) is 0 Å². The van der Waals surface area contributed by atoms with E-state index in [9.17, 15) is 14.7 Å². The second-order valence-corrected chi connectivity index (χ2v) is 6.22. The molecule has 0 aromatic heterocycles. The molecule has 2 rings (SSSR count). The van der Waals surface area contributed by atoms with Gasteiger partial charge in [0.1, 0.15) is 6.04 Å². The summed E-state index contributed by atoms with van der Waals surface area (Å²) in [6, 6.07) is 7.09. The first-order chi connectivity index (χ1) is 9.52. The highest BCUT2D eigenvalue weighted by Crippen LogP contribution is 2.31. The van der Waals surface area contributed by atoms with E-state index in [4.69, 9.17) is 0 Å². The smallest absolute Gasteiger partial charge is 0.327 e. The van der Waals surface area contributed by atoms with E-state index in [1.165, 1.54) is 0 Å². The van der Waals surface area contributed by atoms with Crippen molar-refractivity contribution >= 4 is 23.6 Å². The van der Waals surface area contributed by atoms with E-state index in [2.05, 4.69) is 0 Å². The van der Waals surface area contributed by atoms with E-state index in [0.29, 0.717) is 5.75 Å². The van der Waals surface area contributed by atoms with Crippen LogP contribution in [0.3, 0.4) is 0 Å². The Morgan fingerprint density at radius 2 is 2.00 bits per heavy atom. The van der Waals surface area contributed by atoms with Crippen LogP contribution in [0.4, 0.5) is 0 Å². The van der Waals surface area contributed by atoms with Crippen LogP contribution in [0.15, 0.2) is 24.3 Å². The monoisotopic (exact) mass is 293 g/mol. The van der Waals surface area contributed by atoms with Gasteiger partial charge >= 0.3 is 5.97 Å². The highest BCUT2D eigenvalue weighted by atomic mass is 32.2. The lowest BCUT2D eigenvalue weighted by atomic mass is 10.1. The van der Waals surface area contributed by atoms with Gasteiger partial charge in [-0.2, -0.15) is 0 Å². The lowest BCUT2D eigenvalue weighted by Crippen LogP contribution is -2.46. The number of carbonyl (C=O) groups excluding carboxylic acids is 1. The van der Waals surface area contributed by atoms with Crippen molar-refractivity contribution in [2.24, 2.45) is 0 Å². The van der Waals surface area contributed by atoms with Gasteiger partial charge in [-0.3, -0.25) is 4.79 Å². The third-order valence-corrected chi connectivity index (χ3v) is 4.94. The first-order valence-electron chi connectivity index (χ1n) is 6.74. The van der Waals surface area contributed by atoms with Crippen LogP contribution < -0.4 is 0 Å². The molecule has 1 fully saturated rings. The summed E-state index contributed by atoms with van der Waals surface area (Å²) < 4.78 is 0. The standard InChI is InChI=1S/C15H19NO3S/c1-3-14-16(12(9-20-14)15(18)19)13(17)8-11-6-4-10(2)5-7-11/h4-7,12,14H,3,8-9H2,1-2H3,(H,18,19). The van der Waals surface area contributed by atoms with Crippen LogP contribution in [0.2, 0.25) is 0 Å². The predicted octanol–water partition coefficient (Wildman–Crippen LogP) is 2.30. The maximum absolute atomic E-state index is 12.4. The molecular weight excluding hydrogens is 274 g/mol. The first-order valence-corrected chi connectivity index (χ1v) is 7.79. The molecule has 0 spiro atoms. The summed E-state index contributed by atoms with van der Waals surface area (Å²) >= 11 is 1.55. The molecule has 2 unspecified atom stereocenters. The van der Waals surface area contributed by atoms with Gasteiger partial charge in [0.15, 0.2) is 0 Å². The Bertz CT molecular complexity index is 500. The van der Waals surface area contributed by atoms with Gasteiger partial charge in [-0.25, -0.2) is 4.79 Å². The molecule has 108 valence electrons. The normalized spacial score (nSPS) is 22.0. The Hall–Kier alpha value is -1.49. The van der Waals surface area contributed by atoms with Crippen LogP contribution in [0, 0.1) is 6.92 Å². The van der Waals surface area contributed by atoms with Crippen molar-refractivity contribution in [3.05, 3.63) is 35.4 Å². The molecule has 1 amide bonds. The minimum Gasteiger partial charge on any atom is -0.480 e. The molecule has 4 nitrogen and oxygen atoms in total. The Morgan fingerprint density at radius 1 is 1.35 bits per heavy atom. The number of carboxylic acid groups (broad SMARTS) is 1. The highest BCUT2D eigenvalue weighted by Gasteiger charge is 2.40. The van der Waals surface area contributed by atoms with E-state index in [0.717, 1.165) is 17.5 Å². The quantitative estimate of drug-likeness (QED) is 0.925. The van der Waals surface area contributed by atoms with Crippen LogP contribution in [-0.4, -0.2) is 39.1 Å². The third-order valence-electron chi connectivity index (χ3n) is 3.49. The van der Waals surface area contributed by atoms with Gasteiger partial charge in [0, 0.05) is 5.75 Å². The molecule has 1 aliphatic heterocycles. The number of carboxylic acids is 1. The number of carbonyl (C=O) groups is 2. The zero-order valence-corrected chi connectivity index (χ0v) is 12.5. The Balaban J connectivity index is 2.12. The van der Waals surface area contributed by atoms with Gasteiger partial charge < -0.3 is 10.0 Å². The number of rotatable bonds is 4. The van der Waals surface area contributed by atoms with E-state index in [1.54, 1.807) is 16.7 Å². The molecule has 0 aliphatic carbocycles. The second kappa shape index (κ2) is 6.31. The fraction of sp³-hybridized carbons (Fsp3) is 0.467. The number of thioether (sulfide) groups is 1. The number of amides is 1. The lowest BCUT2D eigenvalue weighted by Gasteiger charge is -2.26. The molecule has 0 bridgehead atoms. The average molecular weight is 293 g/mol. The average Bonchev–Trinajstić information content (AvgIpc) is 2.85. The van der Waals surface area contributed by atoms with Gasteiger partial charge in [-0.15, -0.1) is 11.8 Å². The predicted molar refractivity (Wildman–Crippen MR) is 79.7 cm³/mol. The molecule has 2 atom stereocenters. The van der Waals surface area contributed by atoms with Crippen LogP contribution in [0.5, 0.6) is 0 Å². The largest absolute Gasteiger partial charge is 0.480 e. The number of aliphatic carboxylic acids is 1. The van der Waals surface area contributed by atoms with E-state index >= 15 is 0 Å². The summed E-state index contributed by atoms with van der Waals surface area (Å²) in [7, 11) is 0. The summed E-state index contributed by atoms with van der Waals surface area (Å²) in [6.45, 7) is 3.98. The van der Waals surface area contributed by atoms with E-state index < -0.39 is 12.0 Å². The maximum atomic E-state index is 12.4. The maximum Gasteiger partial charge on any atom is 0.327 e. The minimum absolute atomic E-state index is 0.0194. The Kier molecular flexibility index (Phi) is 4.70. The van der Waals surface area contributed by atoms with Crippen molar-refractivity contribution in [1.82, 2.24) is 4.90 Å². The SMILES string of the molecule is CCC1SCC(C(=O)O)N1C(=O)Cc1ccc(C)cc1. The summed E-state index contributed by atoms with van der Waals surface area (Å²) in [5, 5.41) is 9.22. The highest BCUT2D eigenvalue weighted by molar-refractivity contribution is 8.00. The molecule has 1 aromatic carbocycles. The molecule has 0 saturated carbocycles. The molecule has 1 aromatic rings. The molecule has 20 heavy (non-hydrogen) atoms. The topological polar surface area (TPSA) is 57.6 Å². The molecule has 5 heteroatoms. The molecule has 1 aliphatic rings. The van der Waals surface area contributed by atoms with Crippen LogP contribution in [0.1, 0.15) is 24.5 Å². The van der Waals surface area contributed by atoms with Crippen molar-refractivity contribution in [1.29, 1.82) is 0 Å². The molecule has 1 N–H and O–H groups in total. The fourth-order valence-electron chi connectivity index (χ4n) is 2.37. The number of aryl methyl sites for hydroxylation is 1. The summed E-state index contributed by atoms with van der Waals surface area (Å²) in [6.07, 6.45) is 1.04. The lowest BCUT2D eigenvalue weighted by molar-refractivity contribution is -0.148.